The third-order valence-electron chi connectivity index (χ3n) is 4.46. The number of carbonyl (C=O) groups is 2. The summed E-state index contributed by atoms with van der Waals surface area (Å²) in [6.45, 7) is 2.34. The fourth-order valence-electron chi connectivity index (χ4n) is 3.19. The fourth-order valence-corrected chi connectivity index (χ4v) is 3.92. The maximum Gasteiger partial charge on any atom is 0.232 e. The molecule has 0 aromatic heterocycles. The number of para-hydroxylation sites is 1. The van der Waals surface area contributed by atoms with Crippen LogP contribution in [0.2, 0.25) is 0 Å². The first kappa shape index (κ1) is 17.1. The number of hydrogen-bond donors (Lipinski definition) is 1. The number of rotatable bonds is 5. The molecule has 1 N–H and O–H groups in total. The predicted molar refractivity (Wildman–Crippen MR) is 95.2 cm³/mol. The number of likely N-dealkylation sites (tertiary alicyclic amines) is 1. The number of carbonyl (C=O) groups excluding carboxylic acids is 2. The quantitative estimate of drug-likeness (QED) is 0.887. The van der Waals surface area contributed by atoms with Gasteiger partial charge in [0.25, 0.3) is 0 Å². The molecule has 0 unspecified atom stereocenters. The van der Waals surface area contributed by atoms with E-state index < -0.39 is 0 Å². The van der Waals surface area contributed by atoms with Gasteiger partial charge in [-0.3, -0.25) is 9.59 Å². The Morgan fingerprint density at radius 2 is 1.96 bits per heavy atom. The van der Waals surface area contributed by atoms with Crippen LogP contribution in [0, 0.1) is 0 Å². The van der Waals surface area contributed by atoms with E-state index in [4.69, 9.17) is 4.74 Å². The van der Waals surface area contributed by atoms with E-state index in [2.05, 4.69) is 5.32 Å². The second kappa shape index (κ2) is 8.42. The zero-order valence-corrected chi connectivity index (χ0v) is 14.6. The van der Waals surface area contributed by atoms with Crippen LogP contribution in [0.15, 0.2) is 24.3 Å². The van der Waals surface area contributed by atoms with Crippen LogP contribution in [0.25, 0.3) is 0 Å². The van der Waals surface area contributed by atoms with Crippen molar-refractivity contribution in [1.29, 1.82) is 0 Å². The third kappa shape index (κ3) is 4.44. The first-order valence-corrected chi connectivity index (χ1v) is 9.76. The average molecular weight is 348 g/mol. The highest BCUT2D eigenvalue weighted by atomic mass is 32.2. The Hall–Kier alpha value is -1.69. The normalized spacial score (nSPS) is 20.0. The van der Waals surface area contributed by atoms with E-state index in [1.807, 2.05) is 29.2 Å². The summed E-state index contributed by atoms with van der Waals surface area (Å²) in [5.74, 6) is 1.69. The molecule has 6 heteroatoms. The van der Waals surface area contributed by atoms with Crippen molar-refractivity contribution in [3.8, 4) is 5.75 Å². The molecule has 2 heterocycles. The highest BCUT2D eigenvalue weighted by Gasteiger charge is 2.23. The molecule has 0 radical (unpaired) electrons. The largest absolute Gasteiger partial charge is 0.493 e. The van der Waals surface area contributed by atoms with Gasteiger partial charge in [-0.1, -0.05) is 18.2 Å². The molecule has 24 heavy (non-hydrogen) atoms. The molecule has 2 aliphatic heterocycles. The summed E-state index contributed by atoms with van der Waals surface area (Å²) < 4.78 is 5.61. The lowest BCUT2D eigenvalue weighted by Gasteiger charge is -2.27. The number of hydrogen-bond acceptors (Lipinski definition) is 4. The minimum Gasteiger partial charge on any atom is -0.493 e. The van der Waals surface area contributed by atoms with Gasteiger partial charge in [0.1, 0.15) is 5.75 Å². The molecule has 0 spiro atoms. The molecule has 0 saturated carbocycles. The van der Waals surface area contributed by atoms with Crippen molar-refractivity contribution in [3.63, 3.8) is 0 Å². The van der Waals surface area contributed by atoms with Crippen molar-refractivity contribution in [2.45, 2.75) is 31.7 Å². The minimum absolute atomic E-state index is 0.000783. The number of piperidine rings is 1. The predicted octanol–water partition coefficient (Wildman–Crippen LogP) is 2.37. The van der Waals surface area contributed by atoms with Gasteiger partial charge in [0.2, 0.25) is 11.8 Å². The maximum absolute atomic E-state index is 12.2. The summed E-state index contributed by atoms with van der Waals surface area (Å²) in [4.78, 5) is 26.2. The number of ether oxygens (including phenoxy) is 1. The first-order valence-electron chi connectivity index (χ1n) is 8.60. The van der Waals surface area contributed by atoms with Crippen LogP contribution in [0.1, 0.15) is 37.3 Å². The SMILES string of the molecule is O=C(CSCC(=O)N1CCCCC1)N[C@H]1CCOc2ccccc21. The van der Waals surface area contributed by atoms with Gasteiger partial charge in [-0.25, -0.2) is 0 Å². The van der Waals surface area contributed by atoms with Crippen molar-refractivity contribution < 1.29 is 14.3 Å². The Morgan fingerprint density at radius 1 is 1.17 bits per heavy atom. The Balaban J connectivity index is 1.42. The van der Waals surface area contributed by atoms with E-state index in [0.717, 1.165) is 43.7 Å². The van der Waals surface area contributed by atoms with E-state index in [1.165, 1.54) is 18.2 Å². The van der Waals surface area contributed by atoms with Crippen molar-refractivity contribution in [1.82, 2.24) is 10.2 Å². The van der Waals surface area contributed by atoms with Crippen molar-refractivity contribution in [2.24, 2.45) is 0 Å². The number of nitrogens with one attached hydrogen (secondary N) is 1. The zero-order chi connectivity index (χ0) is 16.8. The summed E-state index contributed by atoms with van der Waals surface area (Å²) in [7, 11) is 0. The standard InChI is InChI=1S/C18H24N2O3S/c21-17(12-24-13-18(22)20-9-4-1-5-10-20)19-15-8-11-23-16-7-3-2-6-14(15)16/h2-3,6-7,15H,1,4-5,8-13H2,(H,19,21)/t15-/m0/s1. The Bertz CT molecular complexity index is 587. The summed E-state index contributed by atoms with van der Waals surface area (Å²) in [5, 5.41) is 3.06. The third-order valence-corrected chi connectivity index (χ3v) is 5.38. The summed E-state index contributed by atoms with van der Waals surface area (Å²) >= 11 is 1.40. The molecule has 1 aromatic carbocycles. The van der Waals surface area contributed by atoms with Gasteiger partial charge in [-0.15, -0.1) is 11.8 Å². The smallest absolute Gasteiger partial charge is 0.232 e. The second-order valence-corrected chi connectivity index (χ2v) is 7.21. The molecule has 3 rings (SSSR count). The molecule has 2 amide bonds. The molecule has 1 atom stereocenters. The molecule has 0 aliphatic carbocycles. The van der Waals surface area contributed by atoms with Gasteiger partial charge in [0, 0.05) is 25.1 Å². The Morgan fingerprint density at radius 3 is 2.79 bits per heavy atom. The van der Waals surface area contributed by atoms with Crippen LogP contribution in [0.5, 0.6) is 5.75 Å². The molecular formula is C18H24N2O3S. The number of fused-ring (bicyclic) bond motifs is 1. The van der Waals surface area contributed by atoms with E-state index >= 15 is 0 Å². The van der Waals surface area contributed by atoms with Crippen LogP contribution in [-0.4, -0.2) is 47.9 Å². The van der Waals surface area contributed by atoms with Crippen LogP contribution in [0.3, 0.4) is 0 Å². The van der Waals surface area contributed by atoms with Crippen molar-refractivity contribution >= 4 is 23.6 Å². The van der Waals surface area contributed by atoms with Crippen LogP contribution in [0.4, 0.5) is 0 Å². The summed E-state index contributed by atoms with van der Waals surface area (Å²) in [5.41, 5.74) is 1.03. The van der Waals surface area contributed by atoms with E-state index in [1.54, 1.807) is 0 Å². The van der Waals surface area contributed by atoms with Gasteiger partial charge in [0.05, 0.1) is 24.2 Å². The van der Waals surface area contributed by atoms with Crippen molar-refractivity contribution in [2.75, 3.05) is 31.2 Å². The fraction of sp³-hybridized carbons (Fsp3) is 0.556. The van der Waals surface area contributed by atoms with E-state index in [-0.39, 0.29) is 17.9 Å². The Kier molecular flexibility index (Phi) is 6.01. The highest BCUT2D eigenvalue weighted by molar-refractivity contribution is 8.00. The Labute approximate surface area is 147 Å². The number of amides is 2. The number of thioether (sulfide) groups is 1. The summed E-state index contributed by atoms with van der Waals surface area (Å²) in [6, 6.07) is 7.82. The van der Waals surface area contributed by atoms with Gasteiger partial charge >= 0.3 is 0 Å². The molecule has 0 bridgehead atoms. The topological polar surface area (TPSA) is 58.6 Å². The molecule has 2 aliphatic rings. The molecular weight excluding hydrogens is 324 g/mol. The van der Waals surface area contributed by atoms with Crippen LogP contribution < -0.4 is 10.1 Å². The van der Waals surface area contributed by atoms with Gasteiger partial charge in [-0.2, -0.15) is 0 Å². The molecule has 5 nitrogen and oxygen atoms in total. The molecule has 1 fully saturated rings. The monoisotopic (exact) mass is 348 g/mol. The van der Waals surface area contributed by atoms with E-state index in [0.29, 0.717) is 18.1 Å². The molecule has 1 saturated heterocycles. The minimum atomic E-state index is -0.0202. The molecule has 130 valence electrons. The lowest BCUT2D eigenvalue weighted by atomic mass is 10.0. The zero-order valence-electron chi connectivity index (χ0n) is 13.8. The highest BCUT2D eigenvalue weighted by Crippen LogP contribution is 2.31. The number of nitrogens with zero attached hydrogens (tertiary/aromatic N) is 1. The van der Waals surface area contributed by atoms with Gasteiger partial charge < -0.3 is 15.0 Å². The van der Waals surface area contributed by atoms with Crippen molar-refractivity contribution in [3.05, 3.63) is 29.8 Å². The lowest BCUT2D eigenvalue weighted by Crippen LogP contribution is -2.37. The van der Waals surface area contributed by atoms with Crippen LogP contribution >= 0.6 is 11.8 Å². The van der Waals surface area contributed by atoms with Crippen LogP contribution in [-0.2, 0) is 9.59 Å². The number of benzene rings is 1. The molecule has 1 aromatic rings. The average Bonchev–Trinajstić information content (AvgIpc) is 2.63. The lowest BCUT2D eigenvalue weighted by molar-refractivity contribution is -0.129. The second-order valence-electron chi connectivity index (χ2n) is 6.23. The summed E-state index contributed by atoms with van der Waals surface area (Å²) in [6.07, 6.45) is 4.19. The van der Waals surface area contributed by atoms with Gasteiger partial charge in [0.15, 0.2) is 0 Å². The van der Waals surface area contributed by atoms with Gasteiger partial charge in [-0.05, 0) is 25.3 Å². The van der Waals surface area contributed by atoms with E-state index in [9.17, 15) is 9.59 Å². The first-order chi connectivity index (χ1) is 11.7. The maximum atomic E-state index is 12.2.